The molecule has 0 saturated heterocycles. The van der Waals surface area contributed by atoms with Gasteiger partial charge in [0.25, 0.3) is 0 Å². The molecule has 2 aromatic heterocycles. The van der Waals surface area contributed by atoms with E-state index in [9.17, 15) is 0 Å². The van der Waals surface area contributed by atoms with Gasteiger partial charge >= 0.3 is 6.01 Å². The molecule has 106 valence electrons. The number of anilines is 1. The smallest absolute Gasteiger partial charge is 0.322 e. The lowest BCUT2D eigenvalue weighted by Crippen LogP contribution is -2.08. The van der Waals surface area contributed by atoms with Gasteiger partial charge in [0.05, 0.1) is 18.8 Å². The molecule has 0 amide bonds. The van der Waals surface area contributed by atoms with Gasteiger partial charge in [-0.15, -0.1) is 0 Å². The molecule has 2 heterocycles. The van der Waals surface area contributed by atoms with Crippen molar-refractivity contribution < 1.29 is 4.74 Å². The fraction of sp³-hybridized carbons (Fsp3) is 0.385. The van der Waals surface area contributed by atoms with Gasteiger partial charge in [0, 0.05) is 5.69 Å². The van der Waals surface area contributed by atoms with Crippen LogP contribution in [0.25, 0.3) is 0 Å². The van der Waals surface area contributed by atoms with E-state index in [0.717, 1.165) is 17.8 Å². The maximum Gasteiger partial charge on any atom is 0.322 e. The molecule has 0 aliphatic rings. The molecule has 20 heavy (non-hydrogen) atoms. The van der Waals surface area contributed by atoms with Crippen molar-refractivity contribution >= 4 is 17.5 Å². The van der Waals surface area contributed by atoms with Crippen LogP contribution in [0.3, 0.4) is 0 Å². The largest absolute Gasteiger partial charge is 0.463 e. The van der Waals surface area contributed by atoms with E-state index in [0.29, 0.717) is 19.1 Å². The Kier molecular flexibility index (Phi) is 5.06. The van der Waals surface area contributed by atoms with Crippen molar-refractivity contribution in [2.24, 2.45) is 0 Å². The molecule has 0 fully saturated rings. The average molecular weight is 294 g/mol. The van der Waals surface area contributed by atoms with E-state index in [1.807, 2.05) is 32.0 Å². The first-order chi connectivity index (χ1) is 9.67. The Morgan fingerprint density at radius 1 is 1.20 bits per heavy atom. The summed E-state index contributed by atoms with van der Waals surface area (Å²) in [4.78, 5) is 16.4. The number of halogens is 1. The predicted molar refractivity (Wildman–Crippen MR) is 76.9 cm³/mol. The number of rotatable bonds is 6. The molecular weight excluding hydrogens is 278 g/mol. The number of aromatic nitrogens is 4. The quantitative estimate of drug-likeness (QED) is 0.882. The molecule has 0 aliphatic carbocycles. The summed E-state index contributed by atoms with van der Waals surface area (Å²) >= 11 is 5.84. The Morgan fingerprint density at radius 2 is 2.05 bits per heavy atom. The predicted octanol–water partition coefficient (Wildman–Crippen LogP) is 2.63. The topological polar surface area (TPSA) is 72.8 Å². The van der Waals surface area contributed by atoms with E-state index in [4.69, 9.17) is 16.3 Å². The van der Waals surface area contributed by atoms with Crippen molar-refractivity contribution in [3.05, 3.63) is 34.9 Å². The number of nitrogens with zero attached hydrogens (tertiary/aromatic N) is 4. The van der Waals surface area contributed by atoms with E-state index in [2.05, 4.69) is 25.3 Å². The summed E-state index contributed by atoms with van der Waals surface area (Å²) in [5.41, 5.74) is 1.86. The minimum Gasteiger partial charge on any atom is -0.463 e. The molecule has 0 aromatic carbocycles. The third kappa shape index (κ3) is 4.31. The zero-order chi connectivity index (χ0) is 14.4. The summed E-state index contributed by atoms with van der Waals surface area (Å²) in [5.74, 6) is 0.374. The van der Waals surface area contributed by atoms with E-state index >= 15 is 0 Å². The molecule has 2 rings (SSSR count). The molecule has 0 spiro atoms. The van der Waals surface area contributed by atoms with Gasteiger partial charge in [-0.25, -0.2) is 0 Å². The second kappa shape index (κ2) is 7.00. The summed E-state index contributed by atoms with van der Waals surface area (Å²) in [6, 6.07) is 6.05. The highest BCUT2D eigenvalue weighted by Crippen LogP contribution is 2.12. The number of nitrogens with one attached hydrogen (secondary N) is 1. The molecule has 0 aliphatic heterocycles. The van der Waals surface area contributed by atoms with Crippen LogP contribution in [-0.4, -0.2) is 26.5 Å². The van der Waals surface area contributed by atoms with Gasteiger partial charge < -0.3 is 10.1 Å². The van der Waals surface area contributed by atoms with Crippen molar-refractivity contribution in [3.8, 4) is 6.01 Å². The standard InChI is InChI=1S/C13H16ClN5O/c1-3-7-20-13-18-11(14)17-12(19-13)15-8-10-6-4-5-9(2)16-10/h4-6H,3,7-8H2,1-2H3,(H,15,17,18,19). The number of pyridine rings is 1. The van der Waals surface area contributed by atoms with Gasteiger partial charge in [-0.05, 0) is 37.1 Å². The molecule has 1 N–H and O–H groups in total. The van der Waals surface area contributed by atoms with Gasteiger partial charge in [-0.2, -0.15) is 15.0 Å². The first-order valence-corrected chi connectivity index (χ1v) is 6.76. The molecule has 0 bridgehead atoms. The fourth-order valence-electron chi connectivity index (χ4n) is 1.54. The second-order valence-corrected chi connectivity index (χ2v) is 4.52. The number of ether oxygens (including phenoxy) is 1. The SMILES string of the molecule is CCCOc1nc(Cl)nc(NCc2cccc(C)n2)n1. The number of hydrogen-bond donors (Lipinski definition) is 1. The summed E-state index contributed by atoms with van der Waals surface area (Å²) < 4.78 is 5.35. The summed E-state index contributed by atoms with van der Waals surface area (Å²) in [6.45, 7) is 5.00. The molecule has 0 atom stereocenters. The lowest BCUT2D eigenvalue weighted by molar-refractivity contribution is 0.291. The zero-order valence-corrected chi connectivity index (χ0v) is 12.2. The Balaban J connectivity index is 2.03. The van der Waals surface area contributed by atoms with E-state index in [-0.39, 0.29) is 11.3 Å². The van der Waals surface area contributed by atoms with Crippen LogP contribution in [0, 0.1) is 6.92 Å². The van der Waals surface area contributed by atoms with Crippen LogP contribution in [-0.2, 0) is 6.54 Å². The number of aryl methyl sites for hydroxylation is 1. The van der Waals surface area contributed by atoms with Gasteiger partial charge in [0.1, 0.15) is 0 Å². The van der Waals surface area contributed by atoms with Gasteiger partial charge in [0.2, 0.25) is 11.2 Å². The Labute approximate surface area is 122 Å². The van der Waals surface area contributed by atoms with Crippen LogP contribution in [0.1, 0.15) is 24.7 Å². The third-order valence-corrected chi connectivity index (χ3v) is 2.57. The van der Waals surface area contributed by atoms with Crippen LogP contribution in [0.4, 0.5) is 5.95 Å². The van der Waals surface area contributed by atoms with Crippen molar-refractivity contribution in [1.29, 1.82) is 0 Å². The first-order valence-electron chi connectivity index (χ1n) is 6.38. The molecule has 0 radical (unpaired) electrons. The van der Waals surface area contributed by atoms with E-state index < -0.39 is 0 Å². The molecule has 7 heteroatoms. The molecule has 2 aromatic rings. The first kappa shape index (κ1) is 14.5. The monoisotopic (exact) mass is 293 g/mol. The van der Waals surface area contributed by atoms with Crippen LogP contribution >= 0.6 is 11.6 Å². The molecular formula is C13H16ClN5O. The number of hydrogen-bond acceptors (Lipinski definition) is 6. The third-order valence-electron chi connectivity index (χ3n) is 2.40. The van der Waals surface area contributed by atoms with Gasteiger partial charge in [-0.1, -0.05) is 13.0 Å². The van der Waals surface area contributed by atoms with Crippen molar-refractivity contribution in [1.82, 2.24) is 19.9 Å². The minimum atomic E-state index is 0.103. The Bertz CT molecular complexity index is 578. The highest BCUT2D eigenvalue weighted by molar-refractivity contribution is 6.28. The minimum absolute atomic E-state index is 0.103. The second-order valence-electron chi connectivity index (χ2n) is 4.18. The van der Waals surface area contributed by atoms with Crippen molar-refractivity contribution in [2.45, 2.75) is 26.8 Å². The average Bonchev–Trinajstić information content (AvgIpc) is 2.42. The molecule has 0 unspecified atom stereocenters. The highest BCUT2D eigenvalue weighted by Gasteiger charge is 2.06. The lowest BCUT2D eigenvalue weighted by Gasteiger charge is -2.07. The van der Waals surface area contributed by atoms with Gasteiger partial charge in [-0.3, -0.25) is 4.98 Å². The Morgan fingerprint density at radius 3 is 2.80 bits per heavy atom. The maximum absolute atomic E-state index is 5.84. The summed E-state index contributed by atoms with van der Waals surface area (Å²) in [5, 5.41) is 3.16. The van der Waals surface area contributed by atoms with Crippen LogP contribution in [0.2, 0.25) is 5.28 Å². The molecule has 0 saturated carbocycles. The van der Waals surface area contributed by atoms with Gasteiger partial charge in [0.15, 0.2) is 0 Å². The van der Waals surface area contributed by atoms with Crippen LogP contribution in [0.15, 0.2) is 18.2 Å². The fourth-order valence-corrected chi connectivity index (χ4v) is 1.69. The summed E-state index contributed by atoms with van der Waals surface area (Å²) in [6.07, 6.45) is 0.874. The van der Waals surface area contributed by atoms with Crippen LogP contribution in [0.5, 0.6) is 6.01 Å². The van der Waals surface area contributed by atoms with E-state index in [1.54, 1.807) is 0 Å². The molecule has 6 nitrogen and oxygen atoms in total. The van der Waals surface area contributed by atoms with Crippen molar-refractivity contribution in [3.63, 3.8) is 0 Å². The van der Waals surface area contributed by atoms with Crippen molar-refractivity contribution in [2.75, 3.05) is 11.9 Å². The highest BCUT2D eigenvalue weighted by atomic mass is 35.5. The maximum atomic E-state index is 5.84. The Hall–Kier alpha value is -1.95. The normalized spacial score (nSPS) is 10.3. The zero-order valence-electron chi connectivity index (χ0n) is 11.4. The van der Waals surface area contributed by atoms with E-state index in [1.165, 1.54) is 0 Å². The summed E-state index contributed by atoms with van der Waals surface area (Å²) in [7, 11) is 0. The van der Waals surface area contributed by atoms with Crippen LogP contribution < -0.4 is 10.1 Å². The lowest BCUT2D eigenvalue weighted by atomic mass is 10.3.